The van der Waals surface area contributed by atoms with E-state index in [1.165, 1.54) is 0 Å². The van der Waals surface area contributed by atoms with Gasteiger partial charge in [-0.2, -0.15) is 0 Å². The number of aromatic nitrogens is 1. The third kappa shape index (κ3) is 4.51. The number of carbonyl (C=O) groups excluding carboxylic acids is 1. The SMILES string of the molecule is O=C(CN1CCN(Cc2ccccn2)CC1)Nc1cccc2ccccc12. The lowest BCUT2D eigenvalue weighted by atomic mass is 10.1. The van der Waals surface area contributed by atoms with Gasteiger partial charge in [0.2, 0.25) is 5.91 Å². The van der Waals surface area contributed by atoms with Crippen LogP contribution >= 0.6 is 0 Å². The zero-order valence-corrected chi connectivity index (χ0v) is 15.3. The molecule has 1 aliphatic rings. The molecular formula is C22H24N4O. The summed E-state index contributed by atoms with van der Waals surface area (Å²) in [6.07, 6.45) is 1.84. The lowest BCUT2D eigenvalue weighted by Gasteiger charge is -2.34. The fourth-order valence-corrected chi connectivity index (χ4v) is 3.55. The number of carbonyl (C=O) groups is 1. The van der Waals surface area contributed by atoms with E-state index in [4.69, 9.17) is 0 Å². The zero-order chi connectivity index (χ0) is 18.5. The standard InChI is InChI=1S/C22H24N4O/c27-22(24-21-10-5-7-18-6-1-2-9-20(18)21)17-26-14-12-25(13-15-26)16-19-8-3-4-11-23-19/h1-11H,12-17H2,(H,24,27). The van der Waals surface area contributed by atoms with E-state index in [1.54, 1.807) is 0 Å². The Morgan fingerprint density at radius 3 is 2.44 bits per heavy atom. The highest BCUT2D eigenvalue weighted by atomic mass is 16.2. The molecule has 4 rings (SSSR count). The minimum absolute atomic E-state index is 0.0459. The number of hydrogen-bond acceptors (Lipinski definition) is 4. The van der Waals surface area contributed by atoms with Gasteiger partial charge in [-0.05, 0) is 23.6 Å². The van der Waals surface area contributed by atoms with Crippen LogP contribution in [0.5, 0.6) is 0 Å². The average molecular weight is 360 g/mol. The topological polar surface area (TPSA) is 48.5 Å². The van der Waals surface area contributed by atoms with Crippen molar-refractivity contribution >= 4 is 22.4 Å². The van der Waals surface area contributed by atoms with Gasteiger partial charge >= 0.3 is 0 Å². The normalized spacial score (nSPS) is 15.7. The van der Waals surface area contributed by atoms with Crippen molar-refractivity contribution in [1.82, 2.24) is 14.8 Å². The Balaban J connectivity index is 1.29. The fourth-order valence-electron chi connectivity index (χ4n) is 3.55. The summed E-state index contributed by atoms with van der Waals surface area (Å²) in [7, 11) is 0. The maximum atomic E-state index is 12.5. The van der Waals surface area contributed by atoms with Crippen LogP contribution in [0.15, 0.2) is 66.9 Å². The Morgan fingerprint density at radius 2 is 1.63 bits per heavy atom. The Kier molecular flexibility index (Phi) is 5.42. The second-order valence-electron chi connectivity index (χ2n) is 6.95. The van der Waals surface area contributed by atoms with Gasteiger partial charge in [0.15, 0.2) is 0 Å². The van der Waals surface area contributed by atoms with Gasteiger partial charge in [0.25, 0.3) is 0 Å². The van der Waals surface area contributed by atoms with Crippen molar-refractivity contribution in [1.29, 1.82) is 0 Å². The first-order valence-corrected chi connectivity index (χ1v) is 9.40. The molecule has 0 spiro atoms. The molecule has 5 heteroatoms. The number of nitrogens with zero attached hydrogens (tertiary/aromatic N) is 3. The number of piperazine rings is 1. The van der Waals surface area contributed by atoms with E-state index in [1.807, 2.05) is 48.7 Å². The molecule has 2 heterocycles. The molecule has 27 heavy (non-hydrogen) atoms. The predicted molar refractivity (Wildman–Crippen MR) is 109 cm³/mol. The lowest BCUT2D eigenvalue weighted by molar-refractivity contribution is -0.117. The fraction of sp³-hybridized carbons (Fsp3) is 0.273. The maximum Gasteiger partial charge on any atom is 0.238 e. The van der Waals surface area contributed by atoms with Crippen molar-refractivity contribution in [3.8, 4) is 0 Å². The Labute approximate surface area is 159 Å². The van der Waals surface area contributed by atoms with Crippen molar-refractivity contribution in [3.05, 3.63) is 72.6 Å². The molecular weight excluding hydrogens is 336 g/mol. The first-order valence-electron chi connectivity index (χ1n) is 9.40. The van der Waals surface area contributed by atoms with Crippen LogP contribution in [-0.4, -0.2) is 53.4 Å². The van der Waals surface area contributed by atoms with E-state index in [9.17, 15) is 4.79 Å². The van der Waals surface area contributed by atoms with Crippen LogP contribution in [0.25, 0.3) is 10.8 Å². The quantitative estimate of drug-likeness (QED) is 0.760. The van der Waals surface area contributed by atoms with Crippen LogP contribution in [0, 0.1) is 0 Å². The summed E-state index contributed by atoms with van der Waals surface area (Å²) < 4.78 is 0. The number of benzene rings is 2. The molecule has 1 saturated heterocycles. The lowest BCUT2D eigenvalue weighted by Crippen LogP contribution is -2.48. The zero-order valence-electron chi connectivity index (χ0n) is 15.3. The molecule has 138 valence electrons. The number of pyridine rings is 1. The third-order valence-electron chi connectivity index (χ3n) is 5.01. The van der Waals surface area contributed by atoms with Crippen LogP contribution in [0.4, 0.5) is 5.69 Å². The molecule has 0 aliphatic carbocycles. The maximum absolute atomic E-state index is 12.5. The molecule has 5 nitrogen and oxygen atoms in total. The highest BCUT2D eigenvalue weighted by molar-refractivity contribution is 6.02. The minimum Gasteiger partial charge on any atom is -0.324 e. The van der Waals surface area contributed by atoms with Gasteiger partial charge in [-0.25, -0.2) is 0 Å². The molecule has 0 radical (unpaired) electrons. The number of fused-ring (bicyclic) bond motifs is 1. The number of rotatable bonds is 5. The first kappa shape index (κ1) is 17.6. The average Bonchev–Trinajstić information content (AvgIpc) is 2.71. The van der Waals surface area contributed by atoms with E-state index < -0.39 is 0 Å². The van der Waals surface area contributed by atoms with Gasteiger partial charge in [0.1, 0.15) is 0 Å². The van der Waals surface area contributed by atoms with Crippen molar-refractivity contribution in [2.45, 2.75) is 6.54 Å². The Bertz CT molecular complexity index is 899. The predicted octanol–water partition coefficient (Wildman–Crippen LogP) is 2.99. The smallest absolute Gasteiger partial charge is 0.238 e. The van der Waals surface area contributed by atoms with Gasteiger partial charge in [-0.15, -0.1) is 0 Å². The molecule has 0 atom stereocenters. The molecule has 1 amide bonds. The molecule has 1 N–H and O–H groups in total. The molecule has 2 aromatic carbocycles. The van der Waals surface area contributed by atoms with Crippen molar-refractivity contribution < 1.29 is 4.79 Å². The van der Waals surface area contributed by atoms with Gasteiger partial charge in [0, 0.05) is 50.0 Å². The number of hydrogen-bond donors (Lipinski definition) is 1. The van der Waals surface area contributed by atoms with E-state index in [2.05, 4.69) is 38.3 Å². The van der Waals surface area contributed by atoms with Crippen molar-refractivity contribution in [3.63, 3.8) is 0 Å². The van der Waals surface area contributed by atoms with Gasteiger partial charge in [-0.3, -0.25) is 19.6 Å². The van der Waals surface area contributed by atoms with E-state index in [-0.39, 0.29) is 5.91 Å². The van der Waals surface area contributed by atoms with E-state index in [0.29, 0.717) is 6.54 Å². The van der Waals surface area contributed by atoms with Gasteiger partial charge in [0.05, 0.1) is 12.2 Å². The van der Waals surface area contributed by atoms with Crippen molar-refractivity contribution in [2.24, 2.45) is 0 Å². The Hall–Kier alpha value is -2.76. The van der Waals surface area contributed by atoms with Crippen LogP contribution in [0.3, 0.4) is 0 Å². The number of anilines is 1. The molecule has 1 aromatic heterocycles. The molecule has 0 unspecified atom stereocenters. The Morgan fingerprint density at radius 1 is 0.889 bits per heavy atom. The summed E-state index contributed by atoms with van der Waals surface area (Å²) in [6.45, 7) is 5.01. The summed E-state index contributed by atoms with van der Waals surface area (Å²) >= 11 is 0. The summed E-state index contributed by atoms with van der Waals surface area (Å²) in [5, 5.41) is 5.29. The molecule has 3 aromatic rings. The summed E-state index contributed by atoms with van der Waals surface area (Å²) in [5.41, 5.74) is 1.98. The molecule has 1 fully saturated rings. The number of amides is 1. The highest BCUT2D eigenvalue weighted by Crippen LogP contribution is 2.22. The molecule has 0 bridgehead atoms. The van der Waals surface area contributed by atoms with Crippen LogP contribution in [0.1, 0.15) is 5.69 Å². The highest BCUT2D eigenvalue weighted by Gasteiger charge is 2.19. The summed E-state index contributed by atoms with van der Waals surface area (Å²) in [6, 6.07) is 20.1. The summed E-state index contributed by atoms with van der Waals surface area (Å²) in [4.78, 5) is 21.5. The van der Waals surface area contributed by atoms with Crippen LogP contribution < -0.4 is 5.32 Å². The molecule has 0 saturated carbocycles. The van der Waals surface area contributed by atoms with Gasteiger partial charge in [-0.1, -0.05) is 42.5 Å². The summed E-state index contributed by atoms with van der Waals surface area (Å²) in [5.74, 6) is 0.0459. The van der Waals surface area contributed by atoms with E-state index in [0.717, 1.165) is 54.9 Å². The third-order valence-corrected chi connectivity index (χ3v) is 5.01. The first-order chi connectivity index (χ1) is 13.3. The monoisotopic (exact) mass is 360 g/mol. The van der Waals surface area contributed by atoms with Crippen molar-refractivity contribution in [2.75, 3.05) is 38.0 Å². The largest absolute Gasteiger partial charge is 0.324 e. The van der Waals surface area contributed by atoms with E-state index >= 15 is 0 Å². The van der Waals surface area contributed by atoms with Gasteiger partial charge < -0.3 is 5.32 Å². The molecule has 1 aliphatic heterocycles. The van der Waals surface area contributed by atoms with Crippen LogP contribution in [-0.2, 0) is 11.3 Å². The minimum atomic E-state index is 0.0459. The second-order valence-corrected chi connectivity index (χ2v) is 6.95. The number of nitrogens with one attached hydrogen (secondary N) is 1. The second kappa shape index (κ2) is 8.29. The van der Waals surface area contributed by atoms with Crippen LogP contribution in [0.2, 0.25) is 0 Å².